The third kappa shape index (κ3) is 2.95. The summed E-state index contributed by atoms with van der Waals surface area (Å²) in [6.07, 6.45) is 3.02. The first-order chi connectivity index (χ1) is 5.51. The zero-order valence-corrected chi connectivity index (χ0v) is 8.34. The molecule has 1 aliphatic heterocycles. The highest BCUT2D eigenvalue weighted by Crippen LogP contribution is 2.15. The average Bonchev–Trinajstić information content (AvgIpc) is 1.82. The number of hydrogen-bond donors (Lipinski definition) is 0. The number of hydrogen-bond acceptors (Lipinski definition) is 3. The molecule has 0 aromatic heterocycles. The van der Waals surface area contributed by atoms with E-state index in [0.29, 0.717) is 5.92 Å². The number of likely N-dealkylation sites (tertiary alicyclic amines) is 1. The van der Waals surface area contributed by atoms with Gasteiger partial charge in [0.1, 0.15) is 0 Å². The van der Waals surface area contributed by atoms with Crippen molar-refractivity contribution in [2.24, 2.45) is 5.92 Å². The molecular weight excluding hydrogens is 174 g/mol. The van der Waals surface area contributed by atoms with Crippen LogP contribution in [0.4, 0.5) is 0 Å². The summed E-state index contributed by atoms with van der Waals surface area (Å²) in [5, 5.41) is 1.31. The van der Waals surface area contributed by atoms with Crippen LogP contribution in [0, 0.1) is 5.92 Å². The van der Waals surface area contributed by atoms with Crippen molar-refractivity contribution in [3.05, 3.63) is 11.5 Å². The van der Waals surface area contributed by atoms with Gasteiger partial charge < -0.3 is 4.90 Å². The molecule has 70 valence electrons. The van der Waals surface area contributed by atoms with Crippen LogP contribution in [0.2, 0.25) is 0 Å². The SMILES string of the molecule is CCN1CC(/C=C/S(C)(=O)=O)C1. The van der Waals surface area contributed by atoms with Crippen molar-refractivity contribution in [3.63, 3.8) is 0 Å². The Hall–Kier alpha value is -0.350. The Kier molecular flexibility index (Phi) is 2.90. The quantitative estimate of drug-likeness (QED) is 0.648. The molecule has 0 aliphatic carbocycles. The van der Waals surface area contributed by atoms with Crippen molar-refractivity contribution in [2.45, 2.75) is 6.92 Å². The minimum atomic E-state index is -2.92. The Morgan fingerprint density at radius 1 is 1.50 bits per heavy atom. The molecule has 3 nitrogen and oxygen atoms in total. The smallest absolute Gasteiger partial charge is 0.168 e. The summed E-state index contributed by atoms with van der Waals surface area (Å²) in [4.78, 5) is 2.28. The maximum atomic E-state index is 10.7. The zero-order valence-electron chi connectivity index (χ0n) is 7.53. The van der Waals surface area contributed by atoms with Gasteiger partial charge in [-0.25, -0.2) is 8.42 Å². The van der Waals surface area contributed by atoms with Crippen molar-refractivity contribution >= 4 is 9.84 Å². The molecule has 0 N–H and O–H groups in total. The zero-order chi connectivity index (χ0) is 9.19. The first-order valence-electron chi connectivity index (χ1n) is 4.12. The average molecular weight is 189 g/mol. The molecule has 1 heterocycles. The third-order valence-corrected chi connectivity index (χ3v) is 2.68. The lowest BCUT2D eigenvalue weighted by Gasteiger charge is -2.36. The molecule has 1 saturated heterocycles. The van der Waals surface area contributed by atoms with E-state index in [1.165, 1.54) is 11.7 Å². The van der Waals surface area contributed by atoms with Gasteiger partial charge in [-0.2, -0.15) is 0 Å². The van der Waals surface area contributed by atoms with Gasteiger partial charge in [-0.15, -0.1) is 0 Å². The lowest BCUT2D eigenvalue weighted by Crippen LogP contribution is -2.45. The van der Waals surface area contributed by atoms with Crippen molar-refractivity contribution in [3.8, 4) is 0 Å². The van der Waals surface area contributed by atoms with Crippen LogP contribution in [0.15, 0.2) is 11.5 Å². The maximum Gasteiger partial charge on any atom is 0.168 e. The fraction of sp³-hybridized carbons (Fsp3) is 0.750. The van der Waals surface area contributed by atoms with E-state index in [1.807, 2.05) is 0 Å². The molecule has 4 heteroatoms. The molecule has 0 radical (unpaired) electrons. The molecular formula is C8H15NO2S. The van der Waals surface area contributed by atoms with E-state index in [4.69, 9.17) is 0 Å². The van der Waals surface area contributed by atoms with Crippen LogP contribution in [0.3, 0.4) is 0 Å². The summed E-state index contributed by atoms with van der Waals surface area (Å²) in [6, 6.07) is 0. The van der Waals surface area contributed by atoms with Crippen molar-refractivity contribution < 1.29 is 8.42 Å². The van der Waals surface area contributed by atoms with Crippen LogP contribution in [-0.2, 0) is 9.84 Å². The number of rotatable bonds is 3. The van der Waals surface area contributed by atoms with Crippen LogP contribution in [0.25, 0.3) is 0 Å². The molecule has 0 aromatic carbocycles. The van der Waals surface area contributed by atoms with Gasteiger partial charge in [-0.05, 0) is 6.54 Å². The highest BCUT2D eigenvalue weighted by atomic mass is 32.2. The Bertz CT molecular complexity index is 263. The Balaban J connectivity index is 2.32. The van der Waals surface area contributed by atoms with Crippen LogP contribution in [-0.4, -0.2) is 39.2 Å². The highest BCUT2D eigenvalue weighted by Gasteiger charge is 2.22. The van der Waals surface area contributed by atoms with Crippen molar-refractivity contribution in [2.75, 3.05) is 25.9 Å². The van der Waals surface area contributed by atoms with E-state index in [9.17, 15) is 8.42 Å². The molecule has 0 saturated carbocycles. The Labute approximate surface area is 74.0 Å². The predicted octanol–water partition coefficient (Wildman–Crippen LogP) is 0.496. The molecule has 0 amide bonds. The van der Waals surface area contributed by atoms with Gasteiger partial charge in [-0.1, -0.05) is 13.0 Å². The summed E-state index contributed by atoms with van der Waals surface area (Å²) in [7, 11) is -2.92. The van der Waals surface area contributed by atoms with Gasteiger partial charge in [0.15, 0.2) is 9.84 Å². The lowest BCUT2D eigenvalue weighted by atomic mass is 10.0. The molecule has 0 aromatic rings. The van der Waals surface area contributed by atoms with Crippen molar-refractivity contribution in [1.29, 1.82) is 0 Å². The Morgan fingerprint density at radius 3 is 2.50 bits per heavy atom. The third-order valence-electron chi connectivity index (χ3n) is 2.03. The summed E-state index contributed by atoms with van der Waals surface area (Å²) in [6.45, 7) is 5.17. The van der Waals surface area contributed by atoms with E-state index in [0.717, 1.165) is 19.6 Å². The van der Waals surface area contributed by atoms with Gasteiger partial charge in [0.25, 0.3) is 0 Å². The van der Waals surface area contributed by atoms with Gasteiger partial charge in [0.05, 0.1) is 0 Å². The first kappa shape index (κ1) is 9.74. The summed E-state index contributed by atoms with van der Waals surface area (Å²) in [5.41, 5.74) is 0. The molecule has 0 bridgehead atoms. The summed E-state index contributed by atoms with van der Waals surface area (Å²) >= 11 is 0. The number of nitrogens with zero attached hydrogens (tertiary/aromatic N) is 1. The first-order valence-corrected chi connectivity index (χ1v) is 6.07. The van der Waals surface area contributed by atoms with Gasteiger partial charge in [0.2, 0.25) is 0 Å². The van der Waals surface area contributed by atoms with Crippen LogP contribution >= 0.6 is 0 Å². The van der Waals surface area contributed by atoms with Crippen LogP contribution in [0.1, 0.15) is 6.92 Å². The molecule has 1 rings (SSSR count). The fourth-order valence-corrected chi connectivity index (χ4v) is 1.75. The van der Waals surface area contributed by atoms with Crippen LogP contribution < -0.4 is 0 Å². The maximum absolute atomic E-state index is 10.7. The molecule has 0 atom stereocenters. The summed E-state index contributed by atoms with van der Waals surface area (Å²) in [5.74, 6) is 0.444. The normalized spacial score (nSPS) is 21.5. The Morgan fingerprint density at radius 2 is 2.08 bits per heavy atom. The van der Waals surface area contributed by atoms with Crippen molar-refractivity contribution in [1.82, 2.24) is 4.90 Å². The minimum Gasteiger partial charge on any atom is -0.302 e. The predicted molar refractivity (Wildman–Crippen MR) is 49.6 cm³/mol. The second-order valence-corrected chi connectivity index (χ2v) is 5.20. The largest absolute Gasteiger partial charge is 0.302 e. The minimum absolute atomic E-state index is 0.444. The lowest BCUT2D eigenvalue weighted by molar-refractivity contribution is 0.139. The molecule has 1 aliphatic rings. The van der Waals surface area contributed by atoms with Crippen LogP contribution in [0.5, 0.6) is 0 Å². The molecule has 0 unspecified atom stereocenters. The monoisotopic (exact) mass is 189 g/mol. The second-order valence-electron chi connectivity index (χ2n) is 3.27. The standard InChI is InChI=1S/C8H15NO2S/c1-3-9-6-8(7-9)4-5-12(2,10)11/h4-5,8H,3,6-7H2,1-2H3/b5-4+. The van der Waals surface area contributed by atoms with E-state index >= 15 is 0 Å². The fourth-order valence-electron chi connectivity index (χ4n) is 1.24. The molecule has 1 fully saturated rings. The van der Waals surface area contributed by atoms with Gasteiger partial charge in [0, 0.05) is 30.7 Å². The van der Waals surface area contributed by atoms with E-state index in [1.54, 1.807) is 6.08 Å². The molecule has 12 heavy (non-hydrogen) atoms. The summed E-state index contributed by atoms with van der Waals surface area (Å²) < 4.78 is 21.5. The van der Waals surface area contributed by atoms with Gasteiger partial charge >= 0.3 is 0 Å². The number of sulfone groups is 1. The second kappa shape index (κ2) is 3.58. The highest BCUT2D eigenvalue weighted by molar-refractivity contribution is 7.93. The molecule has 0 spiro atoms. The van der Waals surface area contributed by atoms with E-state index in [-0.39, 0.29) is 0 Å². The van der Waals surface area contributed by atoms with E-state index in [2.05, 4.69) is 11.8 Å². The topological polar surface area (TPSA) is 37.4 Å². The van der Waals surface area contributed by atoms with Gasteiger partial charge in [-0.3, -0.25) is 0 Å². The van der Waals surface area contributed by atoms with E-state index < -0.39 is 9.84 Å².